The first-order valence-corrected chi connectivity index (χ1v) is 8.31. The summed E-state index contributed by atoms with van der Waals surface area (Å²) in [7, 11) is 0. The van der Waals surface area contributed by atoms with Gasteiger partial charge in [0, 0.05) is 30.4 Å². The Labute approximate surface area is 123 Å². The molecule has 1 aromatic carbocycles. The summed E-state index contributed by atoms with van der Waals surface area (Å²) < 4.78 is 0. The van der Waals surface area contributed by atoms with Crippen LogP contribution in [-0.4, -0.2) is 24.7 Å². The molecule has 1 saturated carbocycles. The van der Waals surface area contributed by atoms with Crippen LogP contribution in [0.4, 0.5) is 5.69 Å². The maximum Gasteiger partial charge on any atom is 0.0412 e. The molecule has 3 rings (SSSR count). The molecular weight excluding hydrogens is 244 g/mol. The second-order valence-corrected chi connectivity index (χ2v) is 6.75. The van der Waals surface area contributed by atoms with Crippen LogP contribution in [0.15, 0.2) is 24.3 Å². The molecule has 2 fully saturated rings. The van der Waals surface area contributed by atoms with Crippen molar-refractivity contribution in [3.05, 3.63) is 29.8 Å². The Kier molecular flexibility index (Phi) is 4.02. The SMILES string of the molecule is CCC1CNC2(CCCCC2)CN1c1cccc(C)c1. The Morgan fingerprint density at radius 3 is 2.75 bits per heavy atom. The number of benzene rings is 1. The minimum atomic E-state index is 0.383. The Balaban J connectivity index is 1.85. The number of aryl methyl sites for hydroxylation is 1. The topological polar surface area (TPSA) is 15.3 Å². The van der Waals surface area contributed by atoms with Gasteiger partial charge in [0.2, 0.25) is 0 Å². The highest BCUT2D eigenvalue weighted by Crippen LogP contribution is 2.34. The molecule has 2 aliphatic rings. The lowest BCUT2D eigenvalue weighted by Gasteiger charge is -2.50. The zero-order valence-electron chi connectivity index (χ0n) is 13.0. The molecule has 1 aliphatic heterocycles. The molecule has 1 spiro atoms. The van der Waals surface area contributed by atoms with Crippen molar-refractivity contribution in [2.24, 2.45) is 0 Å². The molecule has 0 amide bonds. The van der Waals surface area contributed by atoms with Crippen LogP contribution in [0, 0.1) is 6.92 Å². The van der Waals surface area contributed by atoms with Gasteiger partial charge in [-0.1, -0.05) is 38.3 Å². The van der Waals surface area contributed by atoms with E-state index in [2.05, 4.69) is 48.3 Å². The van der Waals surface area contributed by atoms with Crippen molar-refractivity contribution in [3.63, 3.8) is 0 Å². The molecule has 1 unspecified atom stereocenters. The summed E-state index contributed by atoms with van der Waals surface area (Å²) in [6, 6.07) is 9.68. The van der Waals surface area contributed by atoms with Crippen molar-refractivity contribution in [2.45, 2.75) is 64.0 Å². The molecule has 1 saturated heterocycles. The molecule has 2 heteroatoms. The monoisotopic (exact) mass is 272 g/mol. The van der Waals surface area contributed by atoms with E-state index in [1.165, 1.54) is 56.3 Å². The summed E-state index contributed by atoms with van der Waals surface area (Å²) >= 11 is 0. The summed E-state index contributed by atoms with van der Waals surface area (Å²) in [5.41, 5.74) is 3.17. The third kappa shape index (κ3) is 2.71. The van der Waals surface area contributed by atoms with Gasteiger partial charge in [0.1, 0.15) is 0 Å². The average Bonchev–Trinajstić information content (AvgIpc) is 2.48. The largest absolute Gasteiger partial charge is 0.365 e. The van der Waals surface area contributed by atoms with Crippen LogP contribution in [-0.2, 0) is 0 Å². The minimum absolute atomic E-state index is 0.383. The number of hydrogen-bond acceptors (Lipinski definition) is 2. The molecule has 110 valence electrons. The maximum atomic E-state index is 3.91. The fourth-order valence-electron chi connectivity index (χ4n) is 3.99. The third-order valence-corrected chi connectivity index (χ3v) is 5.24. The van der Waals surface area contributed by atoms with E-state index in [9.17, 15) is 0 Å². The summed E-state index contributed by atoms with van der Waals surface area (Å²) in [5, 5.41) is 3.91. The lowest BCUT2D eigenvalue weighted by atomic mass is 9.79. The van der Waals surface area contributed by atoms with Gasteiger partial charge < -0.3 is 10.2 Å². The van der Waals surface area contributed by atoms with Crippen molar-refractivity contribution in [1.82, 2.24) is 5.32 Å². The number of nitrogens with zero attached hydrogens (tertiary/aromatic N) is 1. The fourth-order valence-corrected chi connectivity index (χ4v) is 3.99. The number of hydrogen-bond donors (Lipinski definition) is 1. The highest BCUT2D eigenvalue weighted by atomic mass is 15.3. The number of rotatable bonds is 2. The van der Waals surface area contributed by atoms with Gasteiger partial charge >= 0.3 is 0 Å². The van der Waals surface area contributed by atoms with E-state index in [4.69, 9.17) is 0 Å². The zero-order valence-corrected chi connectivity index (χ0v) is 13.0. The first-order chi connectivity index (χ1) is 9.72. The molecule has 1 atom stereocenters. The Morgan fingerprint density at radius 1 is 1.25 bits per heavy atom. The van der Waals surface area contributed by atoms with Gasteiger partial charge in [-0.3, -0.25) is 0 Å². The Morgan fingerprint density at radius 2 is 2.05 bits per heavy atom. The van der Waals surface area contributed by atoms with E-state index in [0.29, 0.717) is 11.6 Å². The standard InChI is InChI=1S/C18H28N2/c1-3-16-13-19-18(10-5-4-6-11-18)14-20(16)17-9-7-8-15(2)12-17/h7-9,12,16,19H,3-6,10-11,13-14H2,1-2H3. The molecule has 0 radical (unpaired) electrons. The predicted molar refractivity (Wildman–Crippen MR) is 86.4 cm³/mol. The van der Waals surface area contributed by atoms with Crippen LogP contribution in [0.2, 0.25) is 0 Å². The van der Waals surface area contributed by atoms with Crippen LogP contribution in [0.3, 0.4) is 0 Å². The van der Waals surface area contributed by atoms with E-state index in [1.54, 1.807) is 0 Å². The third-order valence-electron chi connectivity index (χ3n) is 5.24. The lowest BCUT2D eigenvalue weighted by molar-refractivity contribution is 0.196. The molecule has 1 heterocycles. The first kappa shape index (κ1) is 13.9. The van der Waals surface area contributed by atoms with E-state index >= 15 is 0 Å². The van der Waals surface area contributed by atoms with Crippen LogP contribution >= 0.6 is 0 Å². The second kappa shape index (κ2) is 5.77. The normalized spacial score (nSPS) is 25.9. The van der Waals surface area contributed by atoms with E-state index in [0.717, 1.165) is 6.54 Å². The highest BCUT2D eigenvalue weighted by Gasteiger charge is 2.39. The molecule has 2 nitrogen and oxygen atoms in total. The van der Waals surface area contributed by atoms with E-state index in [1.807, 2.05) is 0 Å². The fraction of sp³-hybridized carbons (Fsp3) is 0.667. The summed E-state index contributed by atoms with van der Waals surface area (Å²) in [6.07, 6.45) is 8.14. The van der Waals surface area contributed by atoms with E-state index in [-0.39, 0.29) is 0 Å². The van der Waals surface area contributed by atoms with Gasteiger partial charge in [-0.25, -0.2) is 0 Å². The predicted octanol–water partition coefficient (Wildman–Crippen LogP) is 3.89. The molecular formula is C18H28N2. The first-order valence-electron chi connectivity index (χ1n) is 8.31. The number of anilines is 1. The van der Waals surface area contributed by atoms with Gasteiger partial charge in [-0.2, -0.15) is 0 Å². The van der Waals surface area contributed by atoms with Gasteiger partial charge in [-0.15, -0.1) is 0 Å². The zero-order chi connectivity index (χ0) is 14.0. The van der Waals surface area contributed by atoms with Crippen molar-refractivity contribution in [1.29, 1.82) is 0 Å². The summed E-state index contributed by atoms with van der Waals surface area (Å²) in [6.45, 7) is 6.84. The Bertz CT molecular complexity index is 448. The molecule has 0 bridgehead atoms. The van der Waals surface area contributed by atoms with Crippen molar-refractivity contribution < 1.29 is 0 Å². The van der Waals surface area contributed by atoms with Crippen molar-refractivity contribution in [3.8, 4) is 0 Å². The van der Waals surface area contributed by atoms with Crippen molar-refractivity contribution >= 4 is 5.69 Å². The molecule has 0 aromatic heterocycles. The molecule has 1 N–H and O–H groups in total. The van der Waals surface area contributed by atoms with Crippen LogP contribution in [0.5, 0.6) is 0 Å². The second-order valence-electron chi connectivity index (χ2n) is 6.75. The molecule has 20 heavy (non-hydrogen) atoms. The minimum Gasteiger partial charge on any atom is -0.365 e. The Hall–Kier alpha value is -1.02. The smallest absolute Gasteiger partial charge is 0.0412 e. The average molecular weight is 272 g/mol. The lowest BCUT2D eigenvalue weighted by Crippen LogP contribution is -2.65. The van der Waals surface area contributed by atoms with Crippen LogP contribution < -0.4 is 10.2 Å². The van der Waals surface area contributed by atoms with Gasteiger partial charge in [0.15, 0.2) is 0 Å². The summed E-state index contributed by atoms with van der Waals surface area (Å²) in [4.78, 5) is 2.68. The van der Waals surface area contributed by atoms with Crippen LogP contribution in [0.1, 0.15) is 51.0 Å². The maximum absolute atomic E-state index is 3.91. The highest BCUT2D eigenvalue weighted by molar-refractivity contribution is 5.50. The molecule has 1 aliphatic carbocycles. The van der Waals surface area contributed by atoms with Crippen molar-refractivity contribution in [2.75, 3.05) is 18.0 Å². The summed E-state index contributed by atoms with van der Waals surface area (Å²) in [5.74, 6) is 0. The molecule has 1 aromatic rings. The van der Waals surface area contributed by atoms with Gasteiger partial charge in [0.25, 0.3) is 0 Å². The van der Waals surface area contributed by atoms with E-state index < -0.39 is 0 Å². The quantitative estimate of drug-likeness (QED) is 0.879. The van der Waals surface area contributed by atoms with Gasteiger partial charge in [0.05, 0.1) is 0 Å². The number of nitrogens with one attached hydrogen (secondary N) is 1. The van der Waals surface area contributed by atoms with Crippen LogP contribution in [0.25, 0.3) is 0 Å². The number of piperazine rings is 1. The van der Waals surface area contributed by atoms with Gasteiger partial charge in [-0.05, 0) is 43.9 Å².